The van der Waals surface area contributed by atoms with E-state index in [1.54, 1.807) is 0 Å². The van der Waals surface area contributed by atoms with Crippen LogP contribution in [0.4, 0.5) is 0 Å². The number of ether oxygens (including phenoxy) is 2. The molecule has 0 rings (SSSR count). The summed E-state index contributed by atoms with van der Waals surface area (Å²) in [7, 11) is 1.44. The van der Waals surface area contributed by atoms with Crippen molar-refractivity contribution in [1.29, 1.82) is 0 Å². The van der Waals surface area contributed by atoms with Crippen LogP contribution >= 0.6 is 7.82 Å². The maximum Gasteiger partial charge on any atom is 0.472 e. The lowest BCUT2D eigenvalue weighted by atomic mass is 10.1. The van der Waals surface area contributed by atoms with E-state index in [1.165, 1.54) is 25.7 Å². The third kappa shape index (κ3) is 37.5. The Morgan fingerprint density at radius 1 is 0.615 bits per heavy atom. The van der Waals surface area contributed by atoms with Crippen LogP contribution in [0, 0.1) is 0 Å². The van der Waals surface area contributed by atoms with Crippen LogP contribution in [0.2, 0.25) is 0 Å². The second-order valence-corrected chi connectivity index (χ2v) is 15.7. The van der Waals surface area contributed by atoms with Crippen molar-refractivity contribution in [3.8, 4) is 0 Å². The SMILES string of the molecule is CC/C=C\C/C=C\C/C=C\CCCCCC(=O)OC(COC(=O)CCCCCCC/C=C\C/C=C\CCCCC)COP(=O)(O)OCC[N+](C)(C)C. The van der Waals surface area contributed by atoms with E-state index >= 15 is 0 Å². The number of esters is 2. The fraction of sp³-hybridized carbons (Fsp3) is 0.714. The molecule has 0 aromatic heterocycles. The normalized spacial score (nSPS) is 14.3. The van der Waals surface area contributed by atoms with Crippen molar-refractivity contribution < 1.29 is 42.1 Å². The summed E-state index contributed by atoms with van der Waals surface area (Å²) in [5, 5.41) is 0. The molecule has 9 nitrogen and oxygen atoms in total. The summed E-state index contributed by atoms with van der Waals surface area (Å²) in [6.07, 6.45) is 39.8. The lowest BCUT2D eigenvalue weighted by Gasteiger charge is -2.24. The predicted molar refractivity (Wildman–Crippen MR) is 215 cm³/mol. The average molecular weight is 753 g/mol. The van der Waals surface area contributed by atoms with Gasteiger partial charge in [-0.2, -0.15) is 0 Å². The molecule has 0 bridgehead atoms. The van der Waals surface area contributed by atoms with E-state index in [2.05, 4.69) is 74.6 Å². The number of carbonyl (C=O) groups excluding carboxylic acids is 2. The number of hydrogen-bond acceptors (Lipinski definition) is 7. The number of nitrogens with zero attached hydrogens (tertiary/aromatic N) is 1. The van der Waals surface area contributed by atoms with Gasteiger partial charge in [0.2, 0.25) is 0 Å². The van der Waals surface area contributed by atoms with Crippen LogP contribution in [0.1, 0.15) is 142 Å². The van der Waals surface area contributed by atoms with Crippen molar-refractivity contribution in [2.75, 3.05) is 47.5 Å². The van der Waals surface area contributed by atoms with Gasteiger partial charge >= 0.3 is 19.8 Å². The number of allylic oxidation sites excluding steroid dienone is 10. The minimum absolute atomic E-state index is 0.0206. The molecule has 2 unspecified atom stereocenters. The van der Waals surface area contributed by atoms with Gasteiger partial charge in [0.25, 0.3) is 0 Å². The highest BCUT2D eigenvalue weighted by Gasteiger charge is 2.27. The van der Waals surface area contributed by atoms with Crippen LogP contribution in [0.5, 0.6) is 0 Å². The first kappa shape index (κ1) is 49.7. The van der Waals surface area contributed by atoms with Crippen LogP contribution in [-0.4, -0.2) is 74.9 Å². The van der Waals surface area contributed by atoms with Gasteiger partial charge in [-0.3, -0.25) is 18.6 Å². The Labute approximate surface area is 317 Å². The summed E-state index contributed by atoms with van der Waals surface area (Å²) in [4.78, 5) is 35.2. The molecule has 10 heteroatoms. The highest BCUT2D eigenvalue weighted by Crippen LogP contribution is 2.43. The molecular formula is C42H75NO8P+. The van der Waals surface area contributed by atoms with E-state index in [1.807, 2.05) is 21.1 Å². The quantitative estimate of drug-likeness (QED) is 0.0224. The topological polar surface area (TPSA) is 108 Å². The highest BCUT2D eigenvalue weighted by molar-refractivity contribution is 7.47. The van der Waals surface area contributed by atoms with Gasteiger partial charge in [0.1, 0.15) is 19.8 Å². The molecule has 52 heavy (non-hydrogen) atoms. The summed E-state index contributed by atoms with van der Waals surface area (Å²) in [5.41, 5.74) is 0. The molecule has 0 aromatic carbocycles. The lowest BCUT2D eigenvalue weighted by molar-refractivity contribution is -0.870. The Hall–Kier alpha value is -2.29. The zero-order valence-electron chi connectivity index (χ0n) is 33.5. The number of quaternary nitrogens is 1. The Kier molecular flexibility index (Phi) is 33.0. The zero-order chi connectivity index (χ0) is 38.6. The van der Waals surface area contributed by atoms with E-state index in [4.69, 9.17) is 18.5 Å². The van der Waals surface area contributed by atoms with Crippen LogP contribution in [0.3, 0.4) is 0 Å². The molecule has 0 aliphatic rings. The molecule has 0 aliphatic carbocycles. The number of hydrogen-bond donors (Lipinski definition) is 1. The smallest absolute Gasteiger partial charge is 0.462 e. The predicted octanol–water partition coefficient (Wildman–Crippen LogP) is 10.9. The zero-order valence-corrected chi connectivity index (χ0v) is 34.4. The standard InChI is InChI=1S/C42H74NO8P/c1-6-8-10-12-14-16-18-20-21-23-24-26-28-30-32-34-41(44)48-38-40(39-50-52(46,47)49-37-36-43(3,4)5)51-42(45)35-33-31-29-27-25-22-19-17-15-13-11-9-7-2/h9,11,14-17,20-22,25,40H,6-8,10,12-13,18-19,23-24,26-39H2,1-5H3/p+1/b11-9-,16-14-,17-15-,21-20-,25-22-. The van der Waals surface area contributed by atoms with Gasteiger partial charge in [-0.1, -0.05) is 113 Å². The van der Waals surface area contributed by atoms with Crippen molar-refractivity contribution in [3.63, 3.8) is 0 Å². The largest absolute Gasteiger partial charge is 0.472 e. The summed E-state index contributed by atoms with van der Waals surface area (Å²) >= 11 is 0. The summed E-state index contributed by atoms with van der Waals surface area (Å²) in [6.45, 7) is 4.20. The monoisotopic (exact) mass is 753 g/mol. The molecule has 0 spiro atoms. The van der Waals surface area contributed by atoms with E-state index in [0.29, 0.717) is 23.9 Å². The van der Waals surface area contributed by atoms with Crippen LogP contribution in [0.25, 0.3) is 0 Å². The summed E-state index contributed by atoms with van der Waals surface area (Å²) in [6, 6.07) is 0. The Balaban J connectivity index is 4.49. The van der Waals surface area contributed by atoms with E-state index in [9.17, 15) is 19.0 Å². The molecule has 2 atom stereocenters. The van der Waals surface area contributed by atoms with Crippen molar-refractivity contribution in [2.45, 2.75) is 148 Å². The average Bonchev–Trinajstić information content (AvgIpc) is 3.09. The molecule has 0 fully saturated rings. The molecule has 300 valence electrons. The maximum atomic E-state index is 12.6. The minimum Gasteiger partial charge on any atom is -0.462 e. The van der Waals surface area contributed by atoms with Crippen molar-refractivity contribution >= 4 is 19.8 Å². The summed E-state index contributed by atoms with van der Waals surface area (Å²) in [5.74, 6) is -0.857. The van der Waals surface area contributed by atoms with Crippen LogP contribution in [-0.2, 0) is 32.7 Å². The first-order valence-corrected chi connectivity index (χ1v) is 21.5. The Morgan fingerprint density at radius 3 is 1.65 bits per heavy atom. The van der Waals surface area contributed by atoms with E-state index < -0.39 is 32.5 Å². The molecule has 1 N–H and O–H groups in total. The second kappa shape index (κ2) is 34.5. The number of phosphoric acid groups is 1. The number of phosphoric ester groups is 1. The molecule has 0 saturated heterocycles. The maximum absolute atomic E-state index is 12.6. The molecular weight excluding hydrogens is 677 g/mol. The highest BCUT2D eigenvalue weighted by atomic mass is 31.2. The van der Waals surface area contributed by atoms with E-state index in [0.717, 1.165) is 77.0 Å². The van der Waals surface area contributed by atoms with Gasteiger partial charge in [-0.25, -0.2) is 4.57 Å². The fourth-order valence-corrected chi connectivity index (χ4v) is 5.62. The van der Waals surface area contributed by atoms with Gasteiger partial charge in [0, 0.05) is 12.8 Å². The van der Waals surface area contributed by atoms with Gasteiger partial charge in [-0.05, 0) is 77.0 Å². The number of likely N-dealkylation sites (N-methyl/N-ethyl adjacent to an activating group) is 1. The van der Waals surface area contributed by atoms with Crippen molar-refractivity contribution in [1.82, 2.24) is 0 Å². The lowest BCUT2D eigenvalue weighted by Crippen LogP contribution is -2.37. The molecule has 0 saturated carbocycles. The molecule has 0 radical (unpaired) electrons. The molecule has 0 aliphatic heterocycles. The van der Waals surface area contributed by atoms with Gasteiger partial charge < -0.3 is 18.9 Å². The molecule has 0 amide bonds. The third-order valence-corrected chi connectivity index (χ3v) is 9.02. The fourth-order valence-electron chi connectivity index (χ4n) is 4.88. The number of unbranched alkanes of at least 4 members (excludes halogenated alkanes) is 11. The first-order chi connectivity index (χ1) is 25.0. The number of rotatable bonds is 35. The molecule has 0 heterocycles. The summed E-state index contributed by atoms with van der Waals surface area (Å²) < 4.78 is 34.1. The number of carbonyl (C=O) groups is 2. The Morgan fingerprint density at radius 2 is 1.10 bits per heavy atom. The second-order valence-electron chi connectivity index (χ2n) is 14.3. The van der Waals surface area contributed by atoms with Crippen LogP contribution < -0.4 is 0 Å². The third-order valence-electron chi connectivity index (χ3n) is 8.03. The first-order valence-electron chi connectivity index (χ1n) is 20.0. The minimum atomic E-state index is -4.38. The Bertz CT molecular complexity index is 1080. The molecule has 0 aromatic rings. The van der Waals surface area contributed by atoms with Crippen LogP contribution in [0.15, 0.2) is 60.8 Å². The van der Waals surface area contributed by atoms with Gasteiger partial charge in [0.05, 0.1) is 27.7 Å². The van der Waals surface area contributed by atoms with Gasteiger partial charge in [-0.15, -0.1) is 0 Å². The van der Waals surface area contributed by atoms with Crippen molar-refractivity contribution in [3.05, 3.63) is 60.8 Å². The van der Waals surface area contributed by atoms with E-state index in [-0.39, 0.29) is 26.1 Å². The van der Waals surface area contributed by atoms with Crippen molar-refractivity contribution in [2.24, 2.45) is 0 Å². The van der Waals surface area contributed by atoms with Gasteiger partial charge in [0.15, 0.2) is 6.10 Å².